The van der Waals surface area contributed by atoms with Crippen LogP contribution in [0.15, 0.2) is 48.5 Å². The highest BCUT2D eigenvalue weighted by Gasteiger charge is 2.26. The number of nitrogens with zero attached hydrogens (tertiary/aromatic N) is 1. The maximum atomic E-state index is 2.72. The van der Waals surface area contributed by atoms with Gasteiger partial charge in [-0.05, 0) is 67.4 Å². The van der Waals surface area contributed by atoms with Gasteiger partial charge in [-0.2, -0.15) is 0 Å². The summed E-state index contributed by atoms with van der Waals surface area (Å²) >= 11 is 0. The zero-order valence-corrected chi connectivity index (χ0v) is 12.6. The number of likely N-dealkylation sites (tertiary alicyclic amines) is 1. The van der Waals surface area contributed by atoms with Crippen LogP contribution in [0.25, 0.3) is 11.1 Å². The van der Waals surface area contributed by atoms with Crippen molar-refractivity contribution in [2.75, 3.05) is 13.1 Å². The summed E-state index contributed by atoms with van der Waals surface area (Å²) in [4.78, 5) is 2.72. The van der Waals surface area contributed by atoms with Crippen LogP contribution >= 0.6 is 0 Å². The summed E-state index contributed by atoms with van der Waals surface area (Å²) in [5.74, 6) is 0. The highest BCUT2D eigenvalue weighted by Crippen LogP contribution is 2.30. The van der Waals surface area contributed by atoms with Gasteiger partial charge in [0, 0.05) is 6.04 Å². The van der Waals surface area contributed by atoms with E-state index in [0.29, 0.717) is 0 Å². The lowest BCUT2D eigenvalue weighted by atomic mass is 9.85. The molecule has 0 aromatic heterocycles. The highest BCUT2D eigenvalue weighted by molar-refractivity contribution is 5.65. The largest absolute Gasteiger partial charge is 0.300 e. The van der Waals surface area contributed by atoms with Gasteiger partial charge in [0.15, 0.2) is 0 Å². The van der Waals surface area contributed by atoms with E-state index in [-0.39, 0.29) is 0 Å². The summed E-state index contributed by atoms with van der Waals surface area (Å²) in [5, 5.41) is 0. The number of aryl methyl sites for hydroxylation is 1. The van der Waals surface area contributed by atoms with Crippen molar-refractivity contribution in [1.82, 2.24) is 4.90 Å². The summed E-state index contributed by atoms with van der Waals surface area (Å²) in [6, 6.07) is 18.6. The van der Waals surface area contributed by atoms with Crippen LogP contribution in [0.4, 0.5) is 0 Å². The molecule has 0 bridgehead atoms. The molecule has 2 aromatic carbocycles. The first kappa shape index (κ1) is 13.1. The average Bonchev–Trinajstić information content (AvgIpc) is 3.09. The van der Waals surface area contributed by atoms with Crippen molar-refractivity contribution in [2.45, 2.75) is 38.1 Å². The molecule has 1 nitrogen and oxygen atoms in total. The monoisotopic (exact) mass is 277 g/mol. The van der Waals surface area contributed by atoms with E-state index in [0.717, 1.165) is 6.04 Å². The van der Waals surface area contributed by atoms with Crippen molar-refractivity contribution in [3.8, 4) is 11.1 Å². The molecule has 4 rings (SSSR count). The van der Waals surface area contributed by atoms with Crippen molar-refractivity contribution in [3.05, 3.63) is 59.7 Å². The zero-order chi connectivity index (χ0) is 14.1. The summed E-state index contributed by atoms with van der Waals surface area (Å²) in [7, 11) is 0. The van der Waals surface area contributed by atoms with Crippen LogP contribution < -0.4 is 0 Å². The summed E-state index contributed by atoms with van der Waals surface area (Å²) in [6.45, 7) is 2.64. The molecule has 1 saturated heterocycles. The molecule has 0 unspecified atom stereocenters. The van der Waals surface area contributed by atoms with Crippen LogP contribution in [0.1, 0.15) is 30.4 Å². The van der Waals surface area contributed by atoms with Gasteiger partial charge in [0.2, 0.25) is 0 Å². The first-order valence-corrected chi connectivity index (χ1v) is 8.31. The Morgan fingerprint density at radius 2 is 1.62 bits per heavy atom. The third kappa shape index (κ3) is 2.63. The molecule has 2 aliphatic rings. The second-order valence-corrected chi connectivity index (χ2v) is 6.49. The minimum Gasteiger partial charge on any atom is -0.300 e. The van der Waals surface area contributed by atoms with E-state index in [9.17, 15) is 0 Å². The van der Waals surface area contributed by atoms with Gasteiger partial charge in [-0.3, -0.25) is 0 Å². The van der Waals surface area contributed by atoms with Gasteiger partial charge in [0.25, 0.3) is 0 Å². The molecule has 108 valence electrons. The van der Waals surface area contributed by atoms with Gasteiger partial charge in [-0.1, -0.05) is 48.5 Å². The van der Waals surface area contributed by atoms with E-state index < -0.39 is 0 Å². The minimum absolute atomic E-state index is 0.794. The first-order chi connectivity index (χ1) is 10.4. The molecule has 0 saturated carbocycles. The molecule has 1 heteroatoms. The Labute approximate surface area is 127 Å². The Balaban J connectivity index is 1.57. The van der Waals surface area contributed by atoms with E-state index in [4.69, 9.17) is 0 Å². The van der Waals surface area contributed by atoms with Gasteiger partial charge < -0.3 is 4.90 Å². The topological polar surface area (TPSA) is 3.24 Å². The Hall–Kier alpha value is -1.60. The van der Waals surface area contributed by atoms with Crippen LogP contribution in [0.5, 0.6) is 0 Å². The van der Waals surface area contributed by atoms with Crippen molar-refractivity contribution in [2.24, 2.45) is 0 Å². The molecule has 0 spiro atoms. The molecular weight excluding hydrogens is 254 g/mol. The minimum atomic E-state index is 0.794. The van der Waals surface area contributed by atoms with E-state index >= 15 is 0 Å². The molecule has 0 radical (unpaired) electrons. The second-order valence-electron chi connectivity index (χ2n) is 6.49. The summed E-state index contributed by atoms with van der Waals surface area (Å²) < 4.78 is 0. The smallest absolute Gasteiger partial charge is 0.0139 e. The fourth-order valence-electron chi connectivity index (χ4n) is 3.96. The molecule has 0 N–H and O–H groups in total. The Kier molecular flexibility index (Phi) is 3.52. The summed E-state index contributed by atoms with van der Waals surface area (Å²) in [5.41, 5.74) is 5.86. The standard InChI is InChI=1S/C20H23N/c1-2-6-16(7-3-1)17-8-9-19-15-20(11-10-18(19)14-17)21-12-4-5-13-21/h1-3,6-9,14,20H,4-5,10-13,15H2/t20-/m1/s1. The highest BCUT2D eigenvalue weighted by atomic mass is 15.2. The van der Waals surface area contributed by atoms with Crippen LogP contribution in [-0.4, -0.2) is 24.0 Å². The molecular formula is C20H23N. The summed E-state index contributed by atoms with van der Waals surface area (Å²) in [6.07, 6.45) is 6.64. The van der Waals surface area contributed by atoms with Gasteiger partial charge in [-0.15, -0.1) is 0 Å². The van der Waals surface area contributed by atoms with Gasteiger partial charge >= 0.3 is 0 Å². The van der Waals surface area contributed by atoms with Gasteiger partial charge in [0.05, 0.1) is 0 Å². The Morgan fingerprint density at radius 3 is 2.43 bits per heavy atom. The zero-order valence-electron chi connectivity index (χ0n) is 12.6. The number of hydrogen-bond donors (Lipinski definition) is 0. The third-order valence-corrected chi connectivity index (χ3v) is 5.17. The molecule has 0 amide bonds. The second kappa shape index (κ2) is 5.65. The van der Waals surface area contributed by atoms with Crippen molar-refractivity contribution >= 4 is 0 Å². The van der Waals surface area contributed by atoms with Gasteiger partial charge in [-0.25, -0.2) is 0 Å². The molecule has 2 aromatic rings. The lowest BCUT2D eigenvalue weighted by Crippen LogP contribution is -2.37. The van der Waals surface area contributed by atoms with Crippen LogP contribution in [0, 0.1) is 0 Å². The third-order valence-electron chi connectivity index (χ3n) is 5.17. The number of hydrogen-bond acceptors (Lipinski definition) is 1. The lowest BCUT2D eigenvalue weighted by Gasteiger charge is -2.32. The van der Waals surface area contributed by atoms with Crippen LogP contribution in [0.3, 0.4) is 0 Å². The predicted octanol–water partition coefficient (Wildman–Crippen LogP) is 4.31. The van der Waals surface area contributed by atoms with Crippen molar-refractivity contribution in [3.63, 3.8) is 0 Å². The SMILES string of the molecule is c1ccc(-c2ccc3c(c2)CC[C@@H](N2CCCC2)C3)cc1. The predicted molar refractivity (Wildman–Crippen MR) is 88.5 cm³/mol. The van der Waals surface area contributed by atoms with E-state index in [2.05, 4.69) is 53.4 Å². The molecule has 1 atom stereocenters. The number of rotatable bonds is 2. The normalized spacial score (nSPS) is 22.2. The molecule has 1 heterocycles. The Bertz CT molecular complexity index is 611. The number of benzene rings is 2. The average molecular weight is 277 g/mol. The van der Waals surface area contributed by atoms with Crippen molar-refractivity contribution < 1.29 is 0 Å². The molecule has 1 aliphatic carbocycles. The fourth-order valence-corrected chi connectivity index (χ4v) is 3.96. The van der Waals surface area contributed by atoms with E-state index in [1.807, 2.05) is 0 Å². The number of fused-ring (bicyclic) bond motifs is 1. The fraction of sp³-hybridized carbons (Fsp3) is 0.400. The first-order valence-electron chi connectivity index (χ1n) is 8.31. The molecule has 1 fully saturated rings. The van der Waals surface area contributed by atoms with Gasteiger partial charge in [0.1, 0.15) is 0 Å². The van der Waals surface area contributed by atoms with Crippen LogP contribution in [-0.2, 0) is 12.8 Å². The quantitative estimate of drug-likeness (QED) is 0.791. The molecule has 21 heavy (non-hydrogen) atoms. The maximum Gasteiger partial charge on any atom is 0.0139 e. The lowest BCUT2D eigenvalue weighted by molar-refractivity contribution is 0.222. The van der Waals surface area contributed by atoms with E-state index in [1.165, 1.54) is 56.3 Å². The van der Waals surface area contributed by atoms with Crippen LogP contribution in [0.2, 0.25) is 0 Å². The maximum absolute atomic E-state index is 2.72. The van der Waals surface area contributed by atoms with E-state index in [1.54, 1.807) is 11.1 Å². The van der Waals surface area contributed by atoms with Crippen molar-refractivity contribution in [1.29, 1.82) is 0 Å². The molecule has 1 aliphatic heterocycles. The Morgan fingerprint density at radius 1 is 0.810 bits per heavy atom.